The molecule has 0 saturated heterocycles. The Morgan fingerprint density at radius 2 is 1.21 bits per heavy atom. The summed E-state index contributed by atoms with van der Waals surface area (Å²) in [4.78, 5) is 13.4. The van der Waals surface area contributed by atoms with E-state index in [0.717, 1.165) is 12.0 Å². The molecule has 7 nitrogen and oxygen atoms in total. The molecule has 5 aromatic rings. The van der Waals surface area contributed by atoms with Crippen LogP contribution in [0, 0.1) is 0 Å². The van der Waals surface area contributed by atoms with Crippen molar-refractivity contribution >= 4 is 28.3 Å². The molecule has 0 amide bonds. The molecule has 0 aliphatic rings. The summed E-state index contributed by atoms with van der Waals surface area (Å²) in [6.45, 7) is 2.42. The number of hydrogen-bond acceptors (Lipinski definition) is 7. The van der Waals surface area contributed by atoms with E-state index in [1.807, 2.05) is 43.3 Å². The maximum absolute atomic E-state index is 13.4. The average molecular weight is 599 g/mol. The molecule has 0 atom stereocenters. The van der Waals surface area contributed by atoms with Crippen molar-refractivity contribution in [2.24, 2.45) is 0 Å². The van der Waals surface area contributed by atoms with Crippen molar-refractivity contribution < 1.29 is 33.2 Å². The van der Waals surface area contributed by atoms with Crippen molar-refractivity contribution in [1.82, 2.24) is 0 Å². The van der Waals surface area contributed by atoms with Crippen molar-refractivity contribution in [3.8, 4) is 46.0 Å². The molecule has 0 aliphatic heterocycles. The Morgan fingerprint density at radius 1 is 0.651 bits per heavy atom. The van der Waals surface area contributed by atoms with Crippen LogP contribution >= 0.6 is 11.6 Å². The van der Waals surface area contributed by atoms with Crippen molar-refractivity contribution in [2.75, 3.05) is 20.8 Å². The Balaban J connectivity index is 1.72. The molecule has 43 heavy (non-hydrogen) atoms. The second kappa shape index (κ2) is 13.9. The molecule has 0 aromatic heterocycles. The number of halogens is 1. The fraction of sp³-hybridized carbons (Fsp3) is 0.171. The first kappa shape index (κ1) is 29.6. The van der Waals surface area contributed by atoms with Gasteiger partial charge in [-0.05, 0) is 78.7 Å². The first-order chi connectivity index (χ1) is 21.0. The maximum atomic E-state index is 13.4. The third kappa shape index (κ3) is 7.13. The summed E-state index contributed by atoms with van der Waals surface area (Å²) in [7, 11) is 3.18. The van der Waals surface area contributed by atoms with Gasteiger partial charge in [0.05, 0.1) is 27.2 Å². The smallest absolute Gasteiger partial charge is 0.315 e. The number of methoxy groups -OCH3 is 2. The topological polar surface area (TPSA) is 72.5 Å². The Morgan fingerprint density at radius 3 is 1.77 bits per heavy atom. The predicted molar refractivity (Wildman–Crippen MR) is 167 cm³/mol. The molecular weight excluding hydrogens is 568 g/mol. The highest BCUT2D eigenvalue weighted by Gasteiger charge is 2.28. The van der Waals surface area contributed by atoms with E-state index in [9.17, 15) is 4.79 Å². The van der Waals surface area contributed by atoms with Gasteiger partial charge in [-0.1, -0.05) is 48.9 Å². The van der Waals surface area contributed by atoms with Crippen LogP contribution in [0.1, 0.15) is 18.9 Å². The van der Waals surface area contributed by atoms with Gasteiger partial charge in [-0.15, -0.1) is 0 Å². The van der Waals surface area contributed by atoms with Crippen LogP contribution in [0.5, 0.6) is 46.0 Å². The number of esters is 1. The number of hydrogen-bond donors (Lipinski definition) is 0. The highest BCUT2D eigenvalue weighted by molar-refractivity contribution is 6.31. The lowest BCUT2D eigenvalue weighted by molar-refractivity contribution is -0.133. The van der Waals surface area contributed by atoms with Crippen LogP contribution in [0.2, 0.25) is 5.02 Å². The summed E-state index contributed by atoms with van der Waals surface area (Å²) in [6.07, 6.45) is 0.799. The molecule has 220 valence electrons. The van der Waals surface area contributed by atoms with Gasteiger partial charge in [0.2, 0.25) is 11.5 Å². The first-order valence-electron chi connectivity index (χ1n) is 13.8. The monoisotopic (exact) mass is 598 g/mol. The number of fused-ring (bicyclic) bond motifs is 1. The number of carbonyl (C=O) groups excluding carboxylic acids is 1. The Kier molecular flexibility index (Phi) is 9.54. The lowest BCUT2D eigenvalue weighted by Crippen LogP contribution is -2.13. The van der Waals surface area contributed by atoms with Crippen LogP contribution in [-0.4, -0.2) is 26.8 Å². The van der Waals surface area contributed by atoms with Crippen molar-refractivity contribution in [3.05, 3.63) is 108 Å². The van der Waals surface area contributed by atoms with Crippen LogP contribution in [0.15, 0.2) is 97.1 Å². The van der Waals surface area contributed by atoms with Gasteiger partial charge in [0, 0.05) is 15.8 Å². The van der Waals surface area contributed by atoms with Crippen LogP contribution in [0.25, 0.3) is 10.8 Å². The average Bonchev–Trinajstić information content (AvgIpc) is 3.03. The summed E-state index contributed by atoms with van der Waals surface area (Å²) in [5, 5.41) is 1.63. The SMILES string of the molecule is CCCOc1c(Oc2ccc(OC)cc2)c(Oc2ccc(OC)cc2)c(OC(=O)Cc2ccccc2)c2cc(Cl)ccc12. The van der Waals surface area contributed by atoms with Gasteiger partial charge in [-0.3, -0.25) is 4.79 Å². The summed E-state index contributed by atoms with van der Waals surface area (Å²) < 4.78 is 36.0. The van der Waals surface area contributed by atoms with E-state index >= 15 is 0 Å². The molecule has 0 radical (unpaired) electrons. The van der Waals surface area contributed by atoms with Crippen LogP contribution < -0.4 is 28.4 Å². The number of carbonyl (C=O) groups is 1. The zero-order valence-corrected chi connectivity index (χ0v) is 24.9. The highest BCUT2D eigenvalue weighted by atomic mass is 35.5. The Hall–Kier alpha value is -4.88. The first-order valence-corrected chi connectivity index (χ1v) is 14.2. The zero-order chi connectivity index (χ0) is 30.2. The van der Waals surface area contributed by atoms with Gasteiger partial charge < -0.3 is 28.4 Å². The van der Waals surface area contributed by atoms with E-state index in [1.54, 1.807) is 74.9 Å². The minimum absolute atomic E-state index is 0.0492. The fourth-order valence-corrected chi connectivity index (χ4v) is 4.60. The molecule has 0 aliphatic carbocycles. The van der Waals surface area contributed by atoms with Gasteiger partial charge in [0.15, 0.2) is 11.5 Å². The van der Waals surface area contributed by atoms with E-state index in [-0.39, 0.29) is 23.7 Å². The minimum Gasteiger partial charge on any atom is -0.497 e. The number of ether oxygens (including phenoxy) is 6. The largest absolute Gasteiger partial charge is 0.497 e. The van der Waals surface area contributed by atoms with E-state index in [2.05, 4.69) is 0 Å². The normalized spacial score (nSPS) is 10.7. The molecule has 0 spiro atoms. The summed E-state index contributed by atoms with van der Waals surface area (Å²) in [6, 6.07) is 28.8. The highest BCUT2D eigenvalue weighted by Crippen LogP contribution is 2.54. The third-order valence-electron chi connectivity index (χ3n) is 6.51. The second-order valence-electron chi connectivity index (χ2n) is 9.55. The lowest BCUT2D eigenvalue weighted by atomic mass is 10.1. The second-order valence-corrected chi connectivity index (χ2v) is 9.98. The molecule has 0 fully saturated rings. The molecule has 5 aromatic carbocycles. The van der Waals surface area contributed by atoms with E-state index in [0.29, 0.717) is 51.1 Å². The molecule has 8 heteroatoms. The summed E-state index contributed by atoms with van der Waals surface area (Å²) >= 11 is 6.48. The Labute approximate surface area is 255 Å². The van der Waals surface area contributed by atoms with Crippen LogP contribution in [0.3, 0.4) is 0 Å². The van der Waals surface area contributed by atoms with E-state index < -0.39 is 5.97 Å². The van der Waals surface area contributed by atoms with E-state index in [1.165, 1.54) is 0 Å². The predicted octanol–water partition coefficient (Wildman–Crippen LogP) is 9.03. The minimum atomic E-state index is -0.482. The lowest BCUT2D eigenvalue weighted by Gasteiger charge is -2.22. The number of benzene rings is 5. The maximum Gasteiger partial charge on any atom is 0.315 e. The zero-order valence-electron chi connectivity index (χ0n) is 24.1. The molecule has 5 rings (SSSR count). The summed E-state index contributed by atoms with van der Waals surface area (Å²) in [5.41, 5.74) is 0.810. The van der Waals surface area contributed by atoms with Crippen molar-refractivity contribution in [3.63, 3.8) is 0 Å². The fourth-order valence-electron chi connectivity index (χ4n) is 4.42. The van der Waals surface area contributed by atoms with Gasteiger partial charge in [0.25, 0.3) is 0 Å². The molecule has 0 saturated carbocycles. The molecule has 0 heterocycles. The van der Waals surface area contributed by atoms with Crippen molar-refractivity contribution in [1.29, 1.82) is 0 Å². The Bertz CT molecular complexity index is 1680. The van der Waals surface area contributed by atoms with Gasteiger partial charge in [0.1, 0.15) is 23.0 Å². The summed E-state index contributed by atoms with van der Waals surface area (Å²) in [5.74, 6) is 2.79. The quantitative estimate of drug-likeness (QED) is 0.105. The van der Waals surface area contributed by atoms with Gasteiger partial charge >= 0.3 is 5.97 Å². The van der Waals surface area contributed by atoms with E-state index in [4.69, 9.17) is 40.0 Å². The molecule has 0 bridgehead atoms. The standard InChI is InChI=1S/C35H31ClO7/c1-4-20-40-32-29-19-10-24(36)22-30(29)33(43-31(37)21-23-8-6-5-7-9-23)35(42-28-17-13-26(39-3)14-18-28)34(32)41-27-15-11-25(38-2)12-16-27/h5-19,22H,4,20-21H2,1-3H3. The van der Waals surface area contributed by atoms with Crippen LogP contribution in [0.4, 0.5) is 0 Å². The van der Waals surface area contributed by atoms with Gasteiger partial charge in [-0.2, -0.15) is 0 Å². The van der Waals surface area contributed by atoms with Crippen LogP contribution in [-0.2, 0) is 11.2 Å². The molecule has 0 unspecified atom stereocenters. The number of rotatable bonds is 12. The third-order valence-corrected chi connectivity index (χ3v) is 6.74. The molecule has 0 N–H and O–H groups in total. The van der Waals surface area contributed by atoms with Crippen molar-refractivity contribution in [2.45, 2.75) is 19.8 Å². The molecular formula is C35H31ClO7. The van der Waals surface area contributed by atoms with Gasteiger partial charge in [-0.25, -0.2) is 0 Å².